The summed E-state index contributed by atoms with van der Waals surface area (Å²) >= 11 is 0. The van der Waals surface area contributed by atoms with Gasteiger partial charge in [-0.05, 0) is 13.8 Å². The molecule has 6 nitrogen and oxygen atoms in total. The summed E-state index contributed by atoms with van der Waals surface area (Å²) in [5.74, 6) is -0.838. The van der Waals surface area contributed by atoms with Crippen LogP contribution in [0.4, 0.5) is 14.9 Å². The number of urea groups is 1. The van der Waals surface area contributed by atoms with E-state index >= 15 is 0 Å². The molecule has 3 amide bonds. The van der Waals surface area contributed by atoms with Crippen LogP contribution in [-0.4, -0.2) is 29.5 Å². The SMILES string of the molecule is CCNC(=O)[C@@H](C)NC(=O)Nc1cncc(F)c1. The van der Waals surface area contributed by atoms with Gasteiger partial charge in [-0.3, -0.25) is 9.78 Å². The first kappa shape index (κ1) is 13.9. The van der Waals surface area contributed by atoms with E-state index in [-0.39, 0.29) is 11.6 Å². The molecule has 1 atom stereocenters. The van der Waals surface area contributed by atoms with Gasteiger partial charge in [0.1, 0.15) is 11.9 Å². The summed E-state index contributed by atoms with van der Waals surface area (Å²) in [5.41, 5.74) is 0.218. The number of nitrogens with zero attached hydrogens (tertiary/aromatic N) is 1. The monoisotopic (exact) mass is 254 g/mol. The number of anilines is 1. The first-order valence-corrected chi connectivity index (χ1v) is 5.48. The number of nitrogens with one attached hydrogen (secondary N) is 3. The fraction of sp³-hybridized carbons (Fsp3) is 0.364. The summed E-state index contributed by atoms with van der Waals surface area (Å²) in [7, 11) is 0. The van der Waals surface area contributed by atoms with Crippen LogP contribution in [0.15, 0.2) is 18.5 Å². The van der Waals surface area contributed by atoms with Gasteiger partial charge >= 0.3 is 6.03 Å². The number of amides is 3. The van der Waals surface area contributed by atoms with Crippen molar-refractivity contribution < 1.29 is 14.0 Å². The molecule has 0 bridgehead atoms. The highest BCUT2D eigenvalue weighted by Crippen LogP contribution is 2.06. The third-order valence-corrected chi connectivity index (χ3v) is 2.05. The number of carbonyl (C=O) groups excluding carboxylic acids is 2. The van der Waals surface area contributed by atoms with E-state index in [1.165, 1.54) is 6.20 Å². The van der Waals surface area contributed by atoms with Crippen molar-refractivity contribution in [3.05, 3.63) is 24.3 Å². The maximum atomic E-state index is 12.8. The van der Waals surface area contributed by atoms with Crippen LogP contribution in [0.1, 0.15) is 13.8 Å². The van der Waals surface area contributed by atoms with Crippen LogP contribution < -0.4 is 16.0 Å². The molecule has 3 N–H and O–H groups in total. The van der Waals surface area contributed by atoms with E-state index < -0.39 is 17.9 Å². The standard InChI is InChI=1S/C11H15FN4O2/c1-3-14-10(17)7(2)15-11(18)16-9-4-8(12)5-13-6-9/h4-7H,3H2,1-2H3,(H,14,17)(H2,15,16,18)/t7-/m1/s1. The molecule has 1 aromatic heterocycles. The summed E-state index contributed by atoms with van der Waals surface area (Å²) in [6.45, 7) is 3.82. The Morgan fingerprint density at radius 1 is 1.44 bits per heavy atom. The van der Waals surface area contributed by atoms with Crippen LogP contribution in [0.2, 0.25) is 0 Å². The third kappa shape index (κ3) is 4.36. The predicted molar refractivity (Wildman–Crippen MR) is 64.5 cm³/mol. The smallest absolute Gasteiger partial charge is 0.319 e. The molecule has 0 saturated heterocycles. The largest absolute Gasteiger partial charge is 0.355 e. The maximum Gasteiger partial charge on any atom is 0.319 e. The Hall–Kier alpha value is -2.18. The first-order chi connectivity index (χ1) is 8.52. The van der Waals surface area contributed by atoms with E-state index in [0.717, 1.165) is 12.3 Å². The topological polar surface area (TPSA) is 83.1 Å². The molecule has 0 fully saturated rings. The molecule has 0 spiro atoms. The predicted octanol–water partition coefficient (Wildman–Crippen LogP) is 0.867. The van der Waals surface area contributed by atoms with Crippen molar-refractivity contribution in [1.29, 1.82) is 0 Å². The van der Waals surface area contributed by atoms with Crippen molar-refractivity contribution in [2.24, 2.45) is 0 Å². The van der Waals surface area contributed by atoms with Gasteiger partial charge in [-0.2, -0.15) is 0 Å². The van der Waals surface area contributed by atoms with Crippen LogP contribution in [0.3, 0.4) is 0 Å². The number of likely N-dealkylation sites (N-methyl/N-ethyl adjacent to an activating group) is 1. The van der Waals surface area contributed by atoms with Gasteiger partial charge in [0.25, 0.3) is 0 Å². The van der Waals surface area contributed by atoms with E-state index in [1.54, 1.807) is 13.8 Å². The molecule has 1 aromatic rings. The summed E-state index contributed by atoms with van der Waals surface area (Å²) in [6, 6.07) is -0.142. The molecular weight excluding hydrogens is 239 g/mol. The molecule has 0 unspecified atom stereocenters. The minimum atomic E-state index is -0.675. The second-order valence-electron chi connectivity index (χ2n) is 3.61. The van der Waals surface area contributed by atoms with Gasteiger partial charge in [0, 0.05) is 12.6 Å². The average molecular weight is 254 g/mol. The zero-order valence-electron chi connectivity index (χ0n) is 10.2. The Morgan fingerprint density at radius 2 is 2.17 bits per heavy atom. The summed E-state index contributed by atoms with van der Waals surface area (Å²) < 4.78 is 12.8. The van der Waals surface area contributed by atoms with E-state index in [4.69, 9.17) is 0 Å². The zero-order valence-corrected chi connectivity index (χ0v) is 10.2. The summed E-state index contributed by atoms with van der Waals surface area (Å²) in [4.78, 5) is 26.4. The van der Waals surface area contributed by atoms with E-state index in [0.29, 0.717) is 6.54 Å². The molecule has 98 valence electrons. The van der Waals surface area contributed by atoms with Gasteiger partial charge in [0.2, 0.25) is 5.91 Å². The first-order valence-electron chi connectivity index (χ1n) is 5.48. The number of aromatic nitrogens is 1. The van der Waals surface area contributed by atoms with Crippen molar-refractivity contribution in [1.82, 2.24) is 15.6 Å². The molecule has 0 aliphatic rings. The lowest BCUT2D eigenvalue weighted by Crippen LogP contribution is -2.46. The Morgan fingerprint density at radius 3 is 2.78 bits per heavy atom. The van der Waals surface area contributed by atoms with E-state index in [9.17, 15) is 14.0 Å². The van der Waals surface area contributed by atoms with Crippen molar-refractivity contribution in [2.45, 2.75) is 19.9 Å². The van der Waals surface area contributed by atoms with Gasteiger partial charge < -0.3 is 16.0 Å². The van der Waals surface area contributed by atoms with Crippen LogP contribution >= 0.6 is 0 Å². The lowest BCUT2D eigenvalue weighted by molar-refractivity contribution is -0.122. The van der Waals surface area contributed by atoms with Gasteiger partial charge in [-0.25, -0.2) is 9.18 Å². The van der Waals surface area contributed by atoms with Gasteiger partial charge in [0.15, 0.2) is 0 Å². The molecule has 0 radical (unpaired) electrons. The van der Waals surface area contributed by atoms with Crippen LogP contribution in [0.25, 0.3) is 0 Å². The lowest BCUT2D eigenvalue weighted by atomic mass is 10.3. The van der Waals surface area contributed by atoms with Crippen molar-refractivity contribution in [2.75, 3.05) is 11.9 Å². The average Bonchev–Trinajstić information content (AvgIpc) is 2.28. The molecule has 7 heteroatoms. The Bertz CT molecular complexity index is 439. The Labute approximate surface area is 104 Å². The highest BCUT2D eigenvalue weighted by molar-refractivity contribution is 5.93. The lowest BCUT2D eigenvalue weighted by Gasteiger charge is -2.13. The normalized spacial score (nSPS) is 11.5. The third-order valence-electron chi connectivity index (χ3n) is 2.05. The molecule has 1 rings (SSSR count). The molecule has 0 saturated carbocycles. The van der Waals surface area contributed by atoms with Crippen LogP contribution in [0, 0.1) is 5.82 Å². The molecular formula is C11H15FN4O2. The number of carbonyl (C=O) groups is 2. The van der Waals surface area contributed by atoms with Gasteiger partial charge in [-0.15, -0.1) is 0 Å². The molecule has 1 heterocycles. The van der Waals surface area contributed by atoms with Gasteiger partial charge in [0.05, 0.1) is 18.1 Å². The fourth-order valence-electron chi connectivity index (χ4n) is 1.24. The molecule has 0 aliphatic heterocycles. The van der Waals surface area contributed by atoms with Crippen LogP contribution in [-0.2, 0) is 4.79 Å². The Balaban J connectivity index is 2.49. The van der Waals surface area contributed by atoms with Crippen molar-refractivity contribution >= 4 is 17.6 Å². The quantitative estimate of drug-likeness (QED) is 0.745. The zero-order chi connectivity index (χ0) is 13.5. The highest BCUT2D eigenvalue weighted by atomic mass is 19.1. The minimum Gasteiger partial charge on any atom is -0.355 e. The number of halogens is 1. The van der Waals surface area contributed by atoms with Gasteiger partial charge in [-0.1, -0.05) is 0 Å². The van der Waals surface area contributed by atoms with Crippen LogP contribution in [0.5, 0.6) is 0 Å². The maximum absolute atomic E-state index is 12.8. The minimum absolute atomic E-state index is 0.218. The summed E-state index contributed by atoms with van der Waals surface area (Å²) in [6.07, 6.45) is 2.33. The Kier molecular flexibility index (Phi) is 5.04. The number of hydrogen-bond acceptors (Lipinski definition) is 3. The second kappa shape index (κ2) is 6.53. The number of pyridine rings is 1. The number of rotatable bonds is 4. The van der Waals surface area contributed by atoms with Crippen molar-refractivity contribution in [3.8, 4) is 0 Å². The highest BCUT2D eigenvalue weighted by Gasteiger charge is 2.14. The second-order valence-corrected chi connectivity index (χ2v) is 3.61. The van der Waals surface area contributed by atoms with Crippen molar-refractivity contribution in [3.63, 3.8) is 0 Å². The molecule has 0 aliphatic carbocycles. The molecule has 0 aromatic carbocycles. The number of hydrogen-bond donors (Lipinski definition) is 3. The molecule has 18 heavy (non-hydrogen) atoms. The fourth-order valence-corrected chi connectivity index (χ4v) is 1.24. The van der Waals surface area contributed by atoms with E-state index in [1.807, 2.05) is 0 Å². The summed E-state index contributed by atoms with van der Waals surface area (Å²) in [5, 5.41) is 7.37. The van der Waals surface area contributed by atoms with E-state index in [2.05, 4.69) is 20.9 Å².